The normalized spacial score (nSPS) is 12.0. The Bertz CT molecular complexity index is 940. The number of hydrogen-bond donors (Lipinski definition) is 0. The minimum absolute atomic E-state index is 0.114. The number of carbonyl (C=O) groups is 1. The molecule has 7 heteroatoms. The maximum absolute atomic E-state index is 12.7. The first-order valence-corrected chi connectivity index (χ1v) is 10.4. The molecule has 1 heterocycles. The van der Waals surface area contributed by atoms with Gasteiger partial charge in [0.25, 0.3) is 0 Å². The van der Waals surface area contributed by atoms with Gasteiger partial charge in [-0.15, -0.1) is 10.2 Å². The molecule has 0 aliphatic heterocycles. The number of aromatic nitrogens is 3. The SMILES string of the molecule is CCOC(=O)[C@H](Sc1nnc(-c2ccc(OC)cc2)n1C(C)C)c1ccccc1. The molecule has 0 saturated carbocycles. The quantitative estimate of drug-likeness (QED) is 0.387. The number of thioether (sulfide) groups is 1. The van der Waals surface area contributed by atoms with Crippen molar-refractivity contribution < 1.29 is 14.3 Å². The van der Waals surface area contributed by atoms with Crippen LogP contribution in [0.4, 0.5) is 0 Å². The molecule has 6 nitrogen and oxygen atoms in total. The molecule has 0 fully saturated rings. The number of nitrogens with zero attached hydrogens (tertiary/aromatic N) is 3. The molecule has 0 spiro atoms. The molecule has 0 saturated heterocycles. The third-order valence-corrected chi connectivity index (χ3v) is 5.54. The zero-order valence-electron chi connectivity index (χ0n) is 17.0. The maximum Gasteiger partial charge on any atom is 0.324 e. The number of hydrogen-bond acceptors (Lipinski definition) is 6. The van der Waals surface area contributed by atoms with Crippen LogP contribution in [0, 0.1) is 0 Å². The lowest BCUT2D eigenvalue weighted by Gasteiger charge is -2.18. The van der Waals surface area contributed by atoms with Crippen molar-refractivity contribution in [2.45, 2.75) is 37.2 Å². The molecule has 2 aromatic carbocycles. The second kappa shape index (κ2) is 9.60. The van der Waals surface area contributed by atoms with E-state index in [2.05, 4.69) is 24.0 Å². The summed E-state index contributed by atoms with van der Waals surface area (Å²) >= 11 is 1.36. The van der Waals surface area contributed by atoms with E-state index in [-0.39, 0.29) is 12.0 Å². The Labute approximate surface area is 175 Å². The first kappa shape index (κ1) is 20.9. The van der Waals surface area contributed by atoms with Gasteiger partial charge in [0, 0.05) is 11.6 Å². The van der Waals surface area contributed by atoms with Gasteiger partial charge in [0.1, 0.15) is 11.0 Å². The van der Waals surface area contributed by atoms with Crippen LogP contribution >= 0.6 is 11.8 Å². The Morgan fingerprint density at radius 1 is 1.07 bits per heavy atom. The van der Waals surface area contributed by atoms with Crippen molar-refractivity contribution in [3.05, 3.63) is 60.2 Å². The molecule has 3 rings (SSSR count). The van der Waals surface area contributed by atoms with Crippen molar-refractivity contribution in [1.29, 1.82) is 0 Å². The number of ether oxygens (including phenoxy) is 2. The Balaban J connectivity index is 1.98. The lowest BCUT2D eigenvalue weighted by Crippen LogP contribution is -2.15. The number of carbonyl (C=O) groups excluding carboxylic acids is 1. The summed E-state index contributed by atoms with van der Waals surface area (Å²) in [6, 6.07) is 17.4. The predicted molar refractivity (Wildman–Crippen MR) is 114 cm³/mol. The molecule has 0 aliphatic carbocycles. The van der Waals surface area contributed by atoms with E-state index in [1.807, 2.05) is 66.1 Å². The van der Waals surface area contributed by atoms with Crippen LogP contribution in [-0.4, -0.2) is 34.5 Å². The molecule has 1 atom stereocenters. The summed E-state index contributed by atoms with van der Waals surface area (Å²) in [7, 11) is 1.64. The molecule has 0 radical (unpaired) electrons. The molecular formula is C22H25N3O3S. The largest absolute Gasteiger partial charge is 0.497 e. The highest BCUT2D eigenvalue weighted by Crippen LogP contribution is 2.38. The zero-order chi connectivity index (χ0) is 20.8. The summed E-state index contributed by atoms with van der Waals surface area (Å²) in [6.45, 7) is 6.28. The van der Waals surface area contributed by atoms with Crippen molar-refractivity contribution >= 4 is 17.7 Å². The van der Waals surface area contributed by atoms with Crippen molar-refractivity contribution in [3.8, 4) is 17.1 Å². The third kappa shape index (κ3) is 4.79. The summed E-state index contributed by atoms with van der Waals surface area (Å²) < 4.78 is 12.6. The van der Waals surface area contributed by atoms with E-state index in [9.17, 15) is 4.79 Å². The van der Waals surface area contributed by atoms with Gasteiger partial charge in [-0.05, 0) is 50.6 Å². The van der Waals surface area contributed by atoms with Gasteiger partial charge >= 0.3 is 5.97 Å². The predicted octanol–water partition coefficient (Wildman–Crippen LogP) is 4.93. The van der Waals surface area contributed by atoms with Crippen LogP contribution in [0.1, 0.15) is 37.6 Å². The average Bonchev–Trinajstić information content (AvgIpc) is 3.17. The molecule has 0 amide bonds. The van der Waals surface area contributed by atoms with Crippen LogP contribution in [-0.2, 0) is 9.53 Å². The summed E-state index contributed by atoms with van der Waals surface area (Å²) in [4.78, 5) is 12.7. The van der Waals surface area contributed by atoms with E-state index < -0.39 is 5.25 Å². The van der Waals surface area contributed by atoms with Crippen LogP contribution in [0.2, 0.25) is 0 Å². The van der Waals surface area contributed by atoms with E-state index in [1.54, 1.807) is 7.11 Å². The maximum atomic E-state index is 12.7. The number of rotatable bonds is 8. The van der Waals surface area contributed by atoms with Crippen LogP contribution in [0.5, 0.6) is 5.75 Å². The van der Waals surface area contributed by atoms with Gasteiger partial charge in [-0.25, -0.2) is 0 Å². The second-order valence-corrected chi connectivity index (χ2v) is 7.73. The van der Waals surface area contributed by atoms with Crippen LogP contribution < -0.4 is 4.74 Å². The number of benzene rings is 2. The minimum Gasteiger partial charge on any atom is -0.497 e. The first-order valence-electron chi connectivity index (χ1n) is 9.52. The topological polar surface area (TPSA) is 66.2 Å². The molecule has 3 aromatic rings. The van der Waals surface area contributed by atoms with Crippen LogP contribution in [0.15, 0.2) is 59.8 Å². The average molecular weight is 412 g/mol. The van der Waals surface area contributed by atoms with Crippen molar-refractivity contribution in [2.24, 2.45) is 0 Å². The van der Waals surface area contributed by atoms with Gasteiger partial charge in [0.15, 0.2) is 11.0 Å². The van der Waals surface area contributed by atoms with Gasteiger partial charge in [-0.3, -0.25) is 9.36 Å². The standard InChI is InChI=1S/C22H25N3O3S/c1-5-28-21(26)19(16-9-7-6-8-10-16)29-22-24-23-20(25(22)15(2)3)17-11-13-18(27-4)14-12-17/h6-15,19H,5H2,1-4H3/t19-/m1/s1. The van der Waals surface area contributed by atoms with E-state index in [4.69, 9.17) is 9.47 Å². The summed E-state index contributed by atoms with van der Waals surface area (Å²) in [5.74, 6) is 1.25. The van der Waals surface area contributed by atoms with E-state index in [0.29, 0.717) is 11.8 Å². The van der Waals surface area contributed by atoms with Gasteiger partial charge in [-0.1, -0.05) is 42.1 Å². The number of methoxy groups -OCH3 is 1. The zero-order valence-corrected chi connectivity index (χ0v) is 17.8. The summed E-state index contributed by atoms with van der Waals surface area (Å²) in [5, 5.41) is 8.98. The van der Waals surface area contributed by atoms with E-state index in [0.717, 1.165) is 22.7 Å². The molecule has 0 unspecified atom stereocenters. The van der Waals surface area contributed by atoms with Gasteiger partial charge in [0.05, 0.1) is 13.7 Å². The van der Waals surface area contributed by atoms with Crippen molar-refractivity contribution in [3.63, 3.8) is 0 Å². The highest BCUT2D eigenvalue weighted by Gasteiger charge is 2.27. The monoisotopic (exact) mass is 411 g/mol. The highest BCUT2D eigenvalue weighted by molar-refractivity contribution is 8.00. The second-order valence-electron chi connectivity index (χ2n) is 6.66. The Kier molecular flexibility index (Phi) is 6.93. The Morgan fingerprint density at radius 3 is 2.34 bits per heavy atom. The van der Waals surface area contributed by atoms with Crippen LogP contribution in [0.3, 0.4) is 0 Å². The molecular weight excluding hydrogens is 386 g/mol. The molecule has 0 N–H and O–H groups in total. The third-order valence-electron chi connectivity index (χ3n) is 4.36. The molecule has 29 heavy (non-hydrogen) atoms. The van der Waals surface area contributed by atoms with Gasteiger partial charge in [0.2, 0.25) is 0 Å². The molecule has 152 valence electrons. The fourth-order valence-electron chi connectivity index (χ4n) is 2.96. The number of esters is 1. The van der Waals surface area contributed by atoms with E-state index >= 15 is 0 Å². The fourth-order valence-corrected chi connectivity index (χ4v) is 4.13. The fraction of sp³-hybridized carbons (Fsp3) is 0.318. The van der Waals surface area contributed by atoms with Gasteiger partial charge in [-0.2, -0.15) is 0 Å². The van der Waals surface area contributed by atoms with Gasteiger partial charge < -0.3 is 9.47 Å². The summed E-state index contributed by atoms with van der Waals surface area (Å²) in [5.41, 5.74) is 1.81. The van der Waals surface area contributed by atoms with E-state index in [1.165, 1.54) is 11.8 Å². The van der Waals surface area contributed by atoms with Crippen molar-refractivity contribution in [1.82, 2.24) is 14.8 Å². The molecule has 0 bridgehead atoms. The van der Waals surface area contributed by atoms with Crippen molar-refractivity contribution in [2.75, 3.05) is 13.7 Å². The molecule has 0 aliphatic rings. The highest BCUT2D eigenvalue weighted by atomic mass is 32.2. The van der Waals surface area contributed by atoms with Crippen LogP contribution in [0.25, 0.3) is 11.4 Å². The molecule has 1 aromatic heterocycles. The summed E-state index contributed by atoms with van der Waals surface area (Å²) in [6.07, 6.45) is 0. The minimum atomic E-state index is -0.512. The lowest BCUT2D eigenvalue weighted by atomic mass is 10.1. The lowest BCUT2D eigenvalue weighted by molar-refractivity contribution is -0.142. The Morgan fingerprint density at radius 2 is 1.76 bits per heavy atom. The Hall–Kier alpha value is -2.80. The smallest absolute Gasteiger partial charge is 0.324 e. The first-order chi connectivity index (χ1) is 14.0.